The monoisotopic (exact) mass is 444 g/mol. The predicted molar refractivity (Wildman–Crippen MR) is 117 cm³/mol. The van der Waals surface area contributed by atoms with E-state index in [0.29, 0.717) is 24.2 Å². The summed E-state index contributed by atoms with van der Waals surface area (Å²) in [7, 11) is -6.77. The van der Waals surface area contributed by atoms with Crippen molar-refractivity contribution in [1.82, 2.24) is 0 Å². The quantitative estimate of drug-likeness (QED) is 0.262. The number of esters is 1. The molecular formula is C21H32O6S2. The summed E-state index contributed by atoms with van der Waals surface area (Å²) in [4.78, 5) is 11.6. The fraction of sp³-hybridized carbons (Fsp3) is 0.571. The molecule has 0 radical (unpaired) electrons. The number of hydrogen-bond donors (Lipinski definition) is 0. The molecule has 1 aromatic carbocycles. The van der Waals surface area contributed by atoms with Crippen LogP contribution < -0.4 is 4.74 Å². The third-order valence-electron chi connectivity index (χ3n) is 4.44. The van der Waals surface area contributed by atoms with Gasteiger partial charge in [0.2, 0.25) is 0 Å². The number of carbonyl (C=O) groups excluding carboxylic acids is 1. The number of carbonyl (C=O) groups is 1. The minimum atomic E-state index is -3.39. The van der Waals surface area contributed by atoms with Gasteiger partial charge in [0, 0.05) is 11.5 Å². The second kappa shape index (κ2) is 11.5. The molecule has 1 aromatic rings. The van der Waals surface area contributed by atoms with E-state index in [0.717, 1.165) is 12.8 Å². The lowest BCUT2D eigenvalue weighted by molar-refractivity contribution is -0.130. The number of unbranched alkanes of at least 4 members (excludes halogenated alkanes) is 2. The number of benzene rings is 1. The molecule has 0 heterocycles. The van der Waals surface area contributed by atoms with Crippen molar-refractivity contribution in [3.05, 3.63) is 42.0 Å². The summed E-state index contributed by atoms with van der Waals surface area (Å²) < 4.78 is 55.1. The summed E-state index contributed by atoms with van der Waals surface area (Å²) in [6.07, 6.45) is 2.60. The van der Waals surface area contributed by atoms with Gasteiger partial charge in [-0.1, -0.05) is 45.4 Å². The van der Waals surface area contributed by atoms with Crippen molar-refractivity contribution in [1.29, 1.82) is 0 Å². The van der Waals surface area contributed by atoms with Gasteiger partial charge in [-0.3, -0.25) is 0 Å². The van der Waals surface area contributed by atoms with E-state index in [1.807, 2.05) is 13.8 Å². The third kappa shape index (κ3) is 9.58. The molecule has 0 bridgehead atoms. The number of sulfone groups is 2. The van der Waals surface area contributed by atoms with Crippen LogP contribution in [0.15, 0.2) is 36.4 Å². The SMILES string of the molecule is C=C(C)C(=O)Oc1ccc(C(CS(=O)(=O)CCCC)CS(=O)(=O)CCCC)cc1. The van der Waals surface area contributed by atoms with Crippen LogP contribution in [0, 0.1) is 0 Å². The van der Waals surface area contributed by atoms with E-state index in [9.17, 15) is 21.6 Å². The van der Waals surface area contributed by atoms with Crippen LogP contribution in [0.5, 0.6) is 5.75 Å². The van der Waals surface area contributed by atoms with Gasteiger partial charge in [0.1, 0.15) is 5.75 Å². The van der Waals surface area contributed by atoms with E-state index < -0.39 is 31.6 Å². The zero-order valence-corrected chi connectivity index (χ0v) is 19.1. The Hall–Kier alpha value is -1.67. The molecule has 0 aliphatic heterocycles. The summed E-state index contributed by atoms with van der Waals surface area (Å²) in [6, 6.07) is 6.33. The molecule has 0 amide bonds. The van der Waals surface area contributed by atoms with E-state index >= 15 is 0 Å². The van der Waals surface area contributed by atoms with Crippen LogP contribution in [-0.2, 0) is 24.5 Å². The van der Waals surface area contributed by atoms with Crippen molar-refractivity contribution in [2.24, 2.45) is 0 Å². The molecule has 0 spiro atoms. The first-order chi connectivity index (χ1) is 13.5. The highest BCUT2D eigenvalue weighted by Gasteiger charge is 2.26. The third-order valence-corrected chi connectivity index (χ3v) is 8.08. The molecule has 0 N–H and O–H groups in total. The van der Waals surface area contributed by atoms with Crippen LogP contribution in [0.1, 0.15) is 57.9 Å². The molecule has 0 saturated heterocycles. The Bertz CT molecular complexity index is 844. The molecule has 164 valence electrons. The maximum Gasteiger partial charge on any atom is 0.338 e. The highest BCUT2D eigenvalue weighted by atomic mass is 32.2. The van der Waals surface area contributed by atoms with Crippen LogP contribution in [0.4, 0.5) is 0 Å². The van der Waals surface area contributed by atoms with Crippen molar-refractivity contribution >= 4 is 25.6 Å². The number of hydrogen-bond acceptors (Lipinski definition) is 6. The molecule has 6 nitrogen and oxygen atoms in total. The van der Waals surface area contributed by atoms with E-state index in [1.165, 1.54) is 6.92 Å². The lowest BCUT2D eigenvalue weighted by Gasteiger charge is -2.18. The smallest absolute Gasteiger partial charge is 0.338 e. The van der Waals surface area contributed by atoms with Gasteiger partial charge >= 0.3 is 5.97 Å². The molecule has 1 rings (SSSR count). The minimum absolute atomic E-state index is 0.0450. The van der Waals surface area contributed by atoms with Crippen LogP contribution in [0.2, 0.25) is 0 Å². The summed E-state index contributed by atoms with van der Waals surface area (Å²) in [5.41, 5.74) is 0.858. The molecule has 0 aliphatic carbocycles. The topological polar surface area (TPSA) is 94.6 Å². The maximum absolute atomic E-state index is 12.5. The van der Waals surface area contributed by atoms with Crippen LogP contribution in [-0.4, -0.2) is 45.8 Å². The van der Waals surface area contributed by atoms with Crippen molar-refractivity contribution in [2.45, 2.75) is 52.4 Å². The second-order valence-electron chi connectivity index (χ2n) is 7.37. The zero-order valence-electron chi connectivity index (χ0n) is 17.5. The van der Waals surface area contributed by atoms with E-state index in [4.69, 9.17) is 4.74 Å². The Morgan fingerprint density at radius 2 is 1.38 bits per heavy atom. The van der Waals surface area contributed by atoms with Gasteiger partial charge in [0.15, 0.2) is 19.7 Å². The predicted octanol–water partition coefficient (Wildman–Crippen LogP) is 3.68. The highest BCUT2D eigenvalue weighted by Crippen LogP contribution is 2.24. The first kappa shape index (κ1) is 25.4. The minimum Gasteiger partial charge on any atom is -0.423 e. The van der Waals surface area contributed by atoms with Crippen molar-refractivity contribution < 1.29 is 26.4 Å². The van der Waals surface area contributed by atoms with Gasteiger partial charge in [-0.25, -0.2) is 21.6 Å². The van der Waals surface area contributed by atoms with Gasteiger partial charge in [-0.05, 0) is 37.5 Å². The Morgan fingerprint density at radius 3 is 1.76 bits per heavy atom. The lowest BCUT2D eigenvalue weighted by atomic mass is 10.0. The standard InChI is InChI=1S/C21H32O6S2/c1-5-7-13-28(23,24)15-19(16-29(25,26)14-8-6-2)18-9-11-20(12-10-18)27-21(22)17(3)4/h9-12,19H,3,5-8,13-16H2,1-2,4H3. The van der Waals surface area contributed by atoms with Crippen molar-refractivity contribution in [3.8, 4) is 5.75 Å². The Kier molecular flexibility index (Phi) is 10.1. The Morgan fingerprint density at radius 1 is 0.931 bits per heavy atom. The first-order valence-electron chi connectivity index (χ1n) is 9.88. The van der Waals surface area contributed by atoms with Gasteiger partial charge in [-0.2, -0.15) is 0 Å². The van der Waals surface area contributed by atoms with E-state index in [1.54, 1.807) is 24.3 Å². The van der Waals surface area contributed by atoms with Crippen molar-refractivity contribution in [2.75, 3.05) is 23.0 Å². The Balaban J connectivity index is 3.09. The van der Waals surface area contributed by atoms with Crippen LogP contribution in [0.3, 0.4) is 0 Å². The average molecular weight is 445 g/mol. The first-order valence-corrected chi connectivity index (χ1v) is 13.5. The molecule has 0 atom stereocenters. The lowest BCUT2D eigenvalue weighted by Crippen LogP contribution is -2.25. The summed E-state index contributed by atoms with van der Waals surface area (Å²) in [6.45, 7) is 8.88. The largest absolute Gasteiger partial charge is 0.423 e. The fourth-order valence-corrected chi connectivity index (χ4v) is 6.54. The van der Waals surface area contributed by atoms with E-state index in [2.05, 4.69) is 6.58 Å². The van der Waals surface area contributed by atoms with Crippen LogP contribution >= 0.6 is 0 Å². The summed E-state index contributed by atoms with van der Waals surface area (Å²) in [5, 5.41) is 0. The van der Waals surface area contributed by atoms with Crippen LogP contribution in [0.25, 0.3) is 0 Å². The summed E-state index contributed by atoms with van der Waals surface area (Å²) >= 11 is 0. The molecule has 29 heavy (non-hydrogen) atoms. The van der Waals surface area contributed by atoms with Gasteiger partial charge < -0.3 is 4.74 Å². The average Bonchev–Trinajstić information content (AvgIpc) is 2.64. The summed E-state index contributed by atoms with van der Waals surface area (Å²) in [5.74, 6) is -1.27. The van der Waals surface area contributed by atoms with Gasteiger partial charge in [0.05, 0.1) is 23.0 Å². The molecule has 0 aromatic heterocycles. The fourth-order valence-electron chi connectivity index (χ4n) is 2.75. The van der Waals surface area contributed by atoms with Crippen molar-refractivity contribution in [3.63, 3.8) is 0 Å². The second-order valence-corrected chi connectivity index (χ2v) is 11.8. The van der Waals surface area contributed by atoms with E-state index in [-0.39, 0.29) is 28.6 Å². The number of ether oxygens (including phenoxy) is 1. The molecule has 0 unspecified atom stereocenters. The van der Waals surface area contributed by atoms with Gasteiger partial charge in [0.25, 0.3) is 0 Å². The molecular weight excluding hydrogens is 412 g/mol. The molecule has 0 saturated carbocycles. The number of rotatable bonds is 13. The molecule has 8 heteroatoms. The normalized spacial score (nSPS) is 12.1. The molecule has 0 aliphatic rings. The Labute approximate surface area is 175 Å². The van der Waals surface area contributed by atoms with Gasteiger partial charge in [-0.15, -0.1) is 0 Å². The molecule has 0 fully saturated rings. The highest BCUT2D eigenvalue weighted by molar-refractivity contribution is 7.92. The maximum atomic E-state index is 12.5. The zero-order chi connectivity index (χ0) is 22.1.